The van der Waals surface area contributed by atoms with E-state index in [4.69, 9.17) is 19.4 Å². The molecule has 3 aromatic carbocycles. The van der Waals surface area contributed by atoms with E-state index in [1.165, 1.54) is 33.4 Å². The van der Waals surface area contributed by atoms with Crippen molar-refractivity contribution >= 4 is 55.9 Å². The van der Waals surface area contributed by atoms with Crippen LogP contribution in [0.15, 0.2) is 63.8 Å². The summed E-state index contributed by atoms with van der Waals surface area (Å²) in [5, 5.41) is 0. The standard InChI is InChI=1S/C21H22Br2N2.C7H6.2ClH.Ru/c1-12-7-14(3)18(15(4)8-12)24-11-25(21(23)20(24)22)19-16(5)9-13(2)10-17(19)6;1-7-5-3-2-4-6-7;;;/h7-10H,1-6H3;1-6H;2*1H;/q;;;;+2/p-2. The molecule has 0 fully saturated rings. The Bertz CT molecular complexity index is 1480. The molecule has 4 aromatic rings. The second-order valence-corrected chi connectivity index (χ2v) is 19.7. The first-order valence-electron chi connectivity index (χ1n) is 11.1. The van der Waals surface area contributed by atoms with Crippen molar-refractivity contribution in [1.82, 2.24) is 9.13 Å². The van der Waals surface area contributed by atoms with Gasteiger partial charge in [-0.05, 0) is 0 Å². The molecule has 0 spiro atoms. The van der Waals surface area contributed by atoms with Crippen LogP contribution in [0.5, 0.6) is 0 Å². The quantitative estimate of drug-likeness (QED) is 0.187. The molecule has 0 atom stereocenters. The Hall–Kier alpha value is -1.10. The van der Waals surface area contributed by atoms with Gasteiger partial charge in [0.05, 0.1) is 0 Å². The number of rotatable bonds is 3. The average molecular weight is 724 g/mol. The zero-order chi connectivity index (χ0) is 25.7. The fraction of sp³-hybridized carbons (Fsp3) is 0.214. The third-order valence-electron chi connectivity index (χ3n) is 5.90. The SMILES string of the molecule is Cc1cc(C)c(-n2c(Br)c(Br)n(-c3c(C)cc(C)cc3C)[c]2=[Ru]([Cl])([Cl])=[CH]c2ccccc2)c(C)c1. The zero-order valence-electron chi connectivity index (χ0n) is 20.5. The van der Waals surface area contributed by atoms with Gasteiger partial charge in [-0.15, -0.1) is 0 Å². The van der Waals surface area contributed by atoms with Gasteiger partial charge >= 0.3 is 237 Å². The molecule has 0 aliphatic carbocycles. The fourth-order valence-corrected chi connectivity index (χ4v) is 11.9. The fourth-order valence-electron chi connectivity index (χ4n) is 4.79. The monoisotopic (exact) mass is 722 g/mol. The van der Waals surface area contributed by atoms with E-state index in [-0.39, 0.29) is 0 Å². The third kappa shape index (κ3) is 5.18. The first kappa shape index (κ1) is 27.0. The first-order valence-corrected chi connectivity index (χ1v) is 19.1. The maximum absolute atomic E-state index is 7.46. The summed E-state index contributed by atoms with van der Waals surface area (Å²) in [6, 6.07) is 18.9. The number of halogens is 4. The molecule has 35 heavy (non-hydrogen) atoms. The first-order chi connectivity index (χ1) is 16.4. The minimum atomic E-state index is -3.64. The van der Waals surface area contributed by atoms with Crippen molar-refractivity contribution in [3.63, 3.8) is 0 Å². The number of hydrogen-bond donors (Lipinski definition) is 0. The molecule has 4 rings (SSSR count). The van der Waals surface area contributed by atoms with Gasteiger partial charge in [-0.2, -0.15) is 0 Å². The molecule has 186 valence electrons. The molecule has 0 bridgehead atoms. The molecule has 0 N–H and O–H groups in total. The van der Waals surface area contributed by atoms with Gasteiger partial charge in [0, 0.05) is 0 Å². The van der Waals surface area contributed by atoms with Crippen LogP contribution in [0.1, 0.15) is 38.9 Å². The summed E-state index contributed by atoms with van der Waals surface area (Å²) in [6.07, 6.45) is 0. The van der Waals surface area contributed by atoms with Crippen molar-refractivity contribution in [2.75, 3.05) is 0 Å². The summed E-state index contributed by atoms with van der Waals surface area (Å²) >= 11 is 4.18. The molecule has 1 aromatic heterocycles. The van der Waals surface area contributed by atoms with Crippen LogP contribution in [0.25, 0.3) is 11.4 Å². The Balaban J connectivity index is 2.34. The topological polar surface area (TPSA) is 9.86 Å². The van der Waals surface area contributed by atoms with E-state index in [1.54, 1.807) is 0 Å². The normalized spacial score (nSPS) is 12.2. The molecule has 0 saturated carbocycles. The van der Waals surface area contributed by atoms with E-state index in [2.05, 4.69) is 111 Å². The summed E-state index contributed by atoms with van der Waals surface area (Å²) in [4.78, 5) is 0. The van der Waals surface area contributed by atoms with Crippen molar-refractivity contribution in [3.8, 4) is 11.4 Å². The van der Waals surface area contributed by atoms with Gasteiger partial charge in [0.1, 0.15) is 0 Å². The number of nitrogens with zero attached hydrogens (tertiary/aromatic N) is 2. The van der Waals surface area contributed by atoms with E-state index in [0.717, 1.165) is 30.2 Å². The van der Waals surface area contributed by atoms with Crippen LogP contribution in [0.2, 0.25) is 0 Å². The second-order valence-electron chi connectivity index (χ2n) is 8.96. The number of aryl methyl sites for hydroxylation is 6. The molecule has 0 aliphatic rings. The molecule has 0 radical (unpaired) electrons. The van der Waals surface area contributed by atoms with E-state index in [9.17, 15) is 0 Å². The Labute approximate surface area is 234 Å². The van der Waals surface area contributed by atoms with Crippen molar-refractivity contribution in [2.24, 2.45) is 0 Å². The molecular formula is C28H28Br2Cl2N2Ru. The summed E-state index contributed by atoms with van der Waals surface area (Å²) < 4.78 is 9.14. The summed E-state index contributed by atoms with van der Waals surface area (Å²) in [5.74, 6) is 0. The van der Waals surface area contributed by atoms with E-state index >= 15 is 0 Å². The van der Waals surface area contributed by atoms with E-state index in [1.807, 2.05) is 30.3 Å². The van der Waals surface area contributed by atoms with Crippen LogP contribution in [0, 0.1) is 45.6 Å². The van der Waals surface area contributed by atoms with E-state index < -0.39 is 11.9 Å². The molecule has 7 heteroatoms. The number of imidazole rings is 1. The Morgan fingerprint density at radius 1 is 0.657 bits per heavy atom. The van der Waals surface area contributed by atoms with Gasteiger partial charge in [0.25, 0.3) is 0 Å². The summed E-state index contributed by atoms with van der Waals surface area (Å²) in [7, 11) is 14.9. The predicted octanol–water partition coefficient (Wildman–Crippen LogP) is 9.49. The van der Waals surface area contributed by atoms with Crippen LogP contribution in [0.3, 0.4) is 0 Å². The van der Waals surface area contributed by atoms with Crippen LogP contribution in [-0.4, -0.2) is 13.7 Å². The Kier molecular flexibility index (Phi) is 7.96. The van der Waals surface area contributed by atoms with Gasteiger partial charge < -0.3 is 0 Å². The summed E-state index contributed by atoms with van der Waals surface area (Å²) in [5.41, 5.74) is 10.3. The average Bonchev–Trinajstić information content (AvgIpc) is 2.99. The summed E-state index contributed by atoms with van der Waals surface area (Å²) in [6.45, 7) is 12.8. The molecule has 1 heterocycles. The molecule has 0 amide bonds. The molecule has 0 saturated heterocycles. The molecule has 0 aliphatic heterocycles. The molecule has 0 unspecified atom stereocenters. The molecule has 2 nitrogen and oxygen atoms in total. The van der Waals surface area contributed by atoms with Gasteiger partial charge in [-0.25, -0.2) is 0 Å². The maximum atomic E-state index is 7.46. The van der Waals surface area contributed by atoms with Gasteiger partial charge in [-0.1, -0.05) is 0 Å². The molecular weight excluding hydrogens is 696 g/mol. The Morgan fingerprint density at radius 3 is 1.40 bits per heavy atom. The number of benzene rings is 3. The number of hydrogen-bond acceptors (Lipinski definition) is 0. The number of aromatic nitrogens is 2. The van der Waals surface area contributed by atoms with Crippen LogP contribution < -0.4 is 0 Å². The van der Waals surface area contributed by atoms with Gasteiger partial charge in [0.15, 0.2) is 0 Å². The third-order valence-corrected chi connectivity index (χ3v) is 13.2. The van der Waals surface area contributed by atoms with Crippen molar-refractivity contribution in [1.29, 1.82) is 0 Å². The van der Waals surface area contributed by atoms with Crippen LogP contribution in [0.4, 0.5) is 0 Å². The minimum absolute atomic E-state index is 0.884. The van der Waals surface area contributed by atoms with Gasteiger partial charge in [-0.3, -0.25) is 0 Å². The van der Waals surface area contributed by atoms with Crippen LogP contribution >= 0.6 is 51.2 Å². The van der Waals surface area contributed by atoms with Crippen LogP contribution in [-0.2, 0) is 11.9 Å². The zero-order valence-corrected chi connectivity index (χ0v) is 27.0. The second kappa shape index (κ2) is 10.3. The predicted molar refractivity (Wildman–Crippen MR) is 155 cm³/mol. The Morgan fingerprint density at radius 2 is 1.03 bits per heavy atom. The van der Waals surface area contributed by atoms with Crippen molar-refractivity contribution in [3.05, 3.63) is 107 Å². The van der Waals surface area contributed by atoms with E-state index in [0.29, 0.717) is 0 Å². The van der Waals surface area contributed by atoms with Gasteiger partial charge in [0.2, 0.25) is 0 Å². The van der Waals surface area contributed by atoms with Crippen molar-refractivity contribution in [2.45, 2.75) is 41.5 Å². The van der Waals surface area contributed by atoms with Crippen molar-refractivity contribution < 1.29 is 11.9 Å².